The van der Waals surface area contributed by atoms with Gasteiger partial charge in [-0.1, -0.05) is 42.5 Å². The highest BCUT2D eigenvalue weighted by Gasteiger charge is 2.38. The van der Waals surface area contributed by atoms with Crippen molar-refractivity contribution in [2.24, 2.45) is 5.73 Å². The third-order valence-electron chi connectivity index (χ3n) is 4.92. The Kier molecular flexibility index (Phi) is 5.34. The molecule has 2 aromatic rings. The summed E-state index contributed by atoms with van der Waals surface area (Å²) in [4.78, 5) is 14.2. The van der Waals surface area contributed by atoms with Crippen molar-refractivity contribution in [3.63, 3.8) is 0 Å². The average molecular weight is 389 g/mol. The van der Waals surface area contributed by atoms with Gasteiger partial charge in [0.1, 0.15) is 0 Å². The number of likely N-dealkylation sites (N-methyl/N-ethyl adjacent to an activating group) is 1. The minimum absolute atomic E-state index is 0.121. The van der Waals surface area contributed by atoms with Crippen molar-refractivity contribution in [2.45, 2.75) is 10.5 Å². The van der Waals surface area contributed by atoms with Gasteiger partial charge < -0.3 is 15.7 Å². The zero-order valence-corrected chi connectivity index (χ0v) is 15.9. The van der Waals surface area contributed by atoms with Crippen molar-refractivity contribution in [1.82, 2.24) is 9.21 Å². The van der Waals surface area contributed by atoms with E-state index in [4.69, 9.17) is 5.73 Å². The number of rotatable bonds is 5. The van der Waals surface area contributed by atoms with Crippen LogP contribution in [0.1, 0.15) is 11.1 Å². The van der Waals surface area contributed by atoms with E-state index in [0.717, 1.165) is 0 Å². The number of carbonyl (C=O) groups excluding carboxylic acids is 1. The number of amides is 1. The van der Waals surface area contributed by atoms with Crippen LogP contribution < -0.4 is 5.73 Å². The molecule has 0 saturated carbocycles. The number of aliphatic hydroxyl groups is 1. The fourth-order valence-electron chi connectivity index (χ4n) is 3.18. The van der Waals surface area contributed by atoms with Crippen LogP contribution in [0, 0.1) is 0 Å². The molecule has 3 N–H and O–H groups in total. The lowest BCUT2D eigenvalue weighted by atomic mass is 9.86. The second-order valence-electron chi connectivity index (χ2n) is 6.67. The molecule has 1 atom stereocenters. The summed E-state index contributed by atoms with van der Waals surface area (Å²) in [6.45, 7) is 2.20. The molecule has 7 nitrogen and oxygen atoms in total. The molecule has 1 aliphatic heterocycles. The van der Waals surface area contributed by atoms with E-state index >= 15 is 0 Å². The Morgan fingerprint density at radius 3 is 2.00 bits per heavy atom. The summed E-state index contributed by atoms with van der Waals surface area (Å²) in [6, 6.07) is 14.0. The number of benzene rings is 2. The van der Waals surface area contributed by atoms with Crippen molar-refractivity contribution in [3.8, 4) is 0 Å². The lowest BCUT2D eigenvalue weighted by molar-refractivity contribution is -0.133. The highest BCUT2D eigenvalue weighted by Crippen LogP contribution is 2.30. The van der Waals surface area contributed by atoms with E-state index in [9.17, 15) is 18.3 Å². The summed E-state index contributed by atoms with van der Waals surface area (Å²) >= 11 is 0. The molecule has 1 fully saturated rings. The van der Waals surface area contributed by atoms with Crippen LogP contribution in [0.2, 0.25) is 0 Å². The summed E-state index contributed by atoms with van der Waals surface area (Å²) < 4.78 is 27.1. The minimum Gasteiger partial charge on any atom is -0.372 e. The number of hydrogen-bond donors (Lipinski definition) is 2. The normalized spacial score (nSPS) is 18.7. The smallest absolute Gasteiger partial charge is 0.258 e. The first kappa shape index (κ1) is 19.5. The van der Waals surface area contributed by atoms with Crippen molar-refractivity contribution in [3.05, 3.63) is 65.7 Å². The molecular weight excluding hydrogens is 366 g/mol. The molecule has 1 amide bonds. The van der Waals surface area contributed by atoms with E-state index in [1.165, 1.54) is 28.6 Å². The van der Waals surface area contributed by atoms with Gasteiger partial charge in [-0.3, -0.25) is 4.79 Å². The number of piperazine rings is 1. The molecule has 2 aromatic carbocycles. The minimum atomic E-state index is -3.62. The first-order valence-corrected chi connectivity index (χ1v) is 10.1. The van der Waals surface area contributed by atoms with Crippen molar-refractivity contribution >= 4 is 15.9 Å². The number of hydrogen-bond acceptors (Lipinski definition) is 5. The van der Waals surface area contributed by atoms with Crippen LogP contribution in [-0.4, -0.2) is 61.9 Å². The second kappa shape index (κ2) is 7.40. The zero-order valence-electron chi connectivity index (χ0n) is 15.1. The van der Waals surface area contributed by atoms with Crippen LogP contribution in [0.5, 0.6) is 0 Å². The quantitative estimate of drug-likeness (QED) is 0.768. The Morgan fingerprint density at radius 1 is 0.963 bits per heavy atom. The number of nitrogens with zero attached hydrogens (tertiary/aromatic N) is 2. The van der Waals surface area contributed by atoms with Crippen molar-refractivity contribution in [1.29, 1.82) is 0 Å². The first-order chi connectivity index (χ1) is 12.8. The molecule has 1 heterocycles. The van der Waals surface area contributed by atoms with Gasteiger partial charge >= 0.3 is 0 Å². The number of sulfonamides is 1. The van der Waals surface area contributed by atoms with Crippen LogP contribution in [-0.2, 0) is 20.4 Å². The predicted molar refractivity (Wildman–Crippen MR) is 101 cm³/mol. The van der Waals surface area contributed by atoms with Gasteiger partial charge in [-0.2, -0.15) is 4.31 Å². The van der Waals surface area contributed by atoms with E-state index in [-0.39, 0.29) is 10.5 Å². The summed E-state index contributed by atoms with van der Waals surface area (Å²) in [6.07, 6.45) is 0. The first-order valence-electron chi connectivity index (χ1n) is 8.63. The molecule has 0 spiro atoms. The standard InChI is InChI=1S/C19H23N3O4S/c1-21-11-13-22(14-12-21)27(25,26)17-9-7-16(8-10-17)19(24,18(20)23)15-5-3-2-4-6-15/h2-10,24H,11-14H2,1H3,(H2,20,23). The van der Waals surface area contributed by atoms with Gasteiger partial charge in [0.2, 0.25) is 10.0 Å². The fourth-order valence-corrected chi connectivity index (χ4v) is 4.60. The van der Waals surface area contributed by atoms with Crippen LogP contribution in [0.15, 0.2) is 59.5 Å². The van der Waals surface area contributed by atoms with Gasteiger partial charge in [-0.25, -0.2) is 8.42 Å². The molecule has 0 aromatic heterocycles. The number of carbonyl (C=O) groups is 1. The van der Waals surface area contributed by atoms with Gasteiger partial charge in [0, 0.05) is 26.2 Å². The second-order valence-corrected chi connectivity index (χ2v) is 8.61. The van der Waals surface area contributed by atoms with Crippen LogP contribution >= 0.6 is 0 Å². The molecule has 8 heteroatoms. The predicted octanol–water partition coefficient (Wildman–Crippen LogP) is 0.344. The largest absolute Gasteiger partial charge is 0.372 e. The SMILES string of the molecule is CN1CCN(S(=O)(=O)c2ccc(C(O)(C(N)=O)c3ccccc3)cc2)CC1. The molecular formula is C19H23N3O4S. The monoisotopic (exact) mass is 389 g/mol. The lowest BCUT2D eigenvalue weighted by Gasteiger charge is -2.31. The Balaban J connectivity index is 1.93. The number of primary amides is 1. The van der Waals surface area contributed by atoms with Gasteiger partial charge in [-0.15, -0.1) is 0 Å². The maximum atomic E-state index is 12.8. The summed E-state index contributed by atoms with van der Waals surface area (Å²) in [5, 5.41) is 11.0. The molecule has 0 bridgehead atoms. The van der Waals surface area contributed by atoms with Crippen LogP contribution in [0.25, 0.3) is 0 Å². The lowest BCUT2D eigenvalue weighted by Crippen LogP contribution is -2.47. The van der Waals surface area contributed by atoms with Crippen molar-refractivity contribution in [2.75, 3.05) is 33.2 Å². The maximum Gasteiger partial charge on any atom is 0.258 e. The van der Waals surface area contributed by atoms with E-state index in [1.807, 2.05) is 7.05 Å². The topological polar surface area (TPSA) is 104 Å². The van der Waals surface area contributed by atoms with Crippen molar-refractivity contribution < 1.29 is 18.3 Å². The fraction of sp³-hybridized carbons (Fsp3) is 0.316. The molecule has 3 rings (SSSR count). The third-order valence-corrected chi connectivity index (χ3v) is 6.83. The highest BCUT2D eigenvalue weighted by atomic mass is 32.2. The van der Waals surface area contributed by atoms with Gasteiger partial charge in [0.25, 0.3) is 5.91 Å². The Hall–Kier alpha value is -2.26. The Labute approximate surface area is 159 Å². The van der Waals surface area contributed by atoms with E-state index in [1.54, 1.807) is 30.3 Å². The van der Waals surface area contributed by atoms with Gasteiger partial charge in [0.05, 0.1) is 4.90 Å². The van der Waals surface area contributed by atoms with E-state index < -0.39 is 21.5 Å². The molecule has 0 aliphatic carbocycles. The molecule has 27 heavy (non-hydrogen) atoms. The Morgan fingerprint density at radius 2 is 1.48 bits per heavy atom. The average Bonchev–Trinajstić information content (AvgIpc) is 2.68. The van der Waals surface area contributed by atoms with Crippen LogP contribution in [0.4, 0.5) is 0 Å². The molecule has 144 valence electrons. The summed E-state index contributed by atoms with van der Waals surface area (Å²) in [5.41, 5.74) is 3.99. The van der Waals surface area contributed by atoms with Gasteiger partial charge in [0.15, 0.2) is 5.60 Å². The summed E-state index contributed by atoms with van der Waals surface area (Å²) in [7, 11) is -1.67. The molecule has 1 unspecified atom stereocenters. The zero-order chi connectivity index (χ0) is 19.7. The third kappa shape index (κ3) is 3.61. The highest BCUT2D eigenvalue weighted by molar-refractivity contribution is 7.89. The Bertz CT molecular complexity index is 908. The number of nitrogens with two attached hydrogens (primary N) is 1. The molecule has 0 radical (unpaired) electrons. The summed E-state index contributed by atoms with van der Waals surface area (Å²) in [5.74, 6) is -0.927. The maximum absolute atomic E-state index is 12.8. The van der Waals surface area contributed by atoms with E-state index in [2.05, 4.69) is 4.90 Å². The van der Waals surface area contributed by atoms with E-state index in [0.29, 0.717) is 31.7 Å². The molecule has 1 saturated heterocycles. The van der Waals surface area contributed by atoms with Gasteiger partial charge in [-0.05, 0) is 30.3 Å². The van der Waals surface area contributed by atoms with Crippen LogP contribution in [0.3, 0.4) is 0 Å². The molecule has 1 aliphatic rings.